The van der Waals surface area contributed by atoms with E-state index in [0.717, 1.165) is 12.1 Å². The van der Waals surface area contributed by atoms with Crippen molar-refractivity contribution in [2.45, 2.75) is 37.6 Å². The zero-order valence-corrected chi connectivity index (χ0v) is 13.1. The molecule has 1 heterocycles. The molecule has 0 saturated heterocycles. The Bertz CT molecular complexity index is 690. The van der Waals surface area contributed by atoms with Crippen LogP contribution in [0.1, 0.15) is 25.7 Å². The number of rotatable bonds is 3. The average Bonchev–Trinajstić information content (AvgIpc) is 2.89. The van der Waals surface area contributed by atoms with Crippen molar-refractivity contribution in [2.24, 2.45) is 11.0 Å². The zero-order chi connectivity index (χ0) is 18.2. The van der Waals surface area contributed by atoms with E-state index in [4.69, 9.17) is 4.74 Å². The Morgan fingerprint density at radius 1 is 1.32 bits per heavy atom. The molecule has 0 unspecified atom stereocenters. The van der Waals surface area contributed by atoms with Crippen molar-refractivity contribution in [3.8, 4) is 5.75 Å². The van der Waals surface area contributed by atoms with Gasteiger partial charge in [0.25, 0.3) is 11.6 Å². The number of alkyl halides is 3. The summed E-state index contributed by atoms with van der Waals surface area (Å²) in [6.45, 7) is -0.756. The van der Waals surface area contributed by atoms with E-state index < -0.39 is 36.2 Å². The van der Waals surface area contributed by atoms with Crippen molar-refractivity contribution >= 4 is 11.6 Å². The molecule has 25 heavy (non-hydrogen) atoms. The summed E-state index contributed by atoms with van der Waals surface area (Å²) < 4.78 is 58.5. The number of carbonyl (C=O) groups excluding carboxylic acids is 1. The number of nitrogens with zero attached hydrogens (tertiary/aromatic N) is 2. The van der Waals surface area contributed by atoms with Crippen LogP contribution < -0.4 is 4.74 Å². The minimum Gasteiger partial charge on any atom is -0.484 e. The number of aliphatic hydroxyl groups is 1. The van der Waals surface area contributed by atoms with Crippen LogP contribution >= 0.6 is 0 Å². The first kappa shape index (κ1) is 17.7. The van der Waals surface area contributed by atoms with E-state index in [1.807, 2.05) is 0 Å². The molecule has 9 heteroatoms. The second-order valence-corrected chi connectivity index (χ2v) is 6.06. The Kier molecular flexibility index (Phi) is 4.44. The van der Waals surface area contributed by atoms with E-state index in [-0.39, 0.29) is 22.9 Å². The van der Waals surface area contributed by atoms with Crippen molar-refractivity contribution in [1.82, 2.24) is 5.01 Å². The highest BCUT2D eigenvalue weighted by Crippen LogP contribution is 2.48. The Morgan fingerprint density at radius 2 is 2.00 bits per heavy atom. The van der Waals surface area contributed by atoms with E-state index in [1.54, 1.807) is 0 Å². The molecule has 0 spiro atoms. The van der Waals surface area contributed by atoms with E-state index in [2.05, 4.69) is 5.10 Å². The molecule has 1 aliphatic carbocycles. The number of benzene rings is 1. The Morgan fingerprint density at radius 3 is 2.64 bits per heavy atom. The maximum Gasteiger partial charge on any atom is 0.439 e. The third-order valence-electron chi connectivity index (χ3n) is 4.44. The lowest BCUT2D eigenvalue weighted by molar-refractivity contribution is -0.317. The van der Waals surface area contributed by atoms with Crippen LogP contribution in [0.15, 0.2) is 29.4 Å². The first-order valence-corrected chi connectivity index (χ1v) is 7.81. The van der Waals surface area contributed by atoms with Gasteiger partial charge in [0, 0.05) is 5.71 Å². The van der Waals surface area contributed by atoms with Gasteiger partial charge >= 0.3 is 6.18 Å². The van der Waals surface area contributed by atoms with Crippen LogP contribution in [0.3, 0.4) is 0 Å². The SMILES string of the molecule is O=C(COc1ccc(F)cc1)N1N=C2CCCC[C@H]2[C@@]1(O)C(F)(F)F. The van der Waals surface area contributed by atoms with Crippen molar-refractivity contribution in [1.29, 1.82) is 0 Å². The first-order valence-electron chi connectivity index (χ1n) is 7.81. The van der Waals surface area contributed by atoms with E-state index in [1.165, 1.54) is 12.1 Å². The lowest BCUT2D eigenvalue weighted by Gasteiger charge is -2.38. The fraction of sp³-hybridized carbons (Fsp3) is 0.500. The van der Waals surface area contributed by atoms with E-state index in [9.17, 15) is 27.5 Å². The summed E-state index contributed by atoms with van der Waals surface area (Å²) in [6.07, 6.45) is -3.44. The van der Waals surface area contributed by atoms with E-state index in [0.29, 0.717) is 19.3 Å². The van der Waals surface area contributed by atoms with Crippen LogP contribution in [0.4, 0.5) is 17.6 Å². The first-order chi connectivity index (χ1) is 11.7. The molecular formula is C16H16F4N2O3. The number of hydrogen-bond donors (Lipinski definition) is 1. The maximum atomic E-state index is 13.5. The van der Waals surface area contributed by atoms with Gasteiger partial charge in [0.2, 0.25) is 0 Å². The van der Waals surface area contributed by atoms with Gasteiger partial charge in [-0.1, -0.05) is 6.42 Å². The number of amides is 1. The summed E-state index contributed by atoms with van der Waals surface area (Å²) in [7, 11) is 0. The molecule has 1 amide bonds. The molecule has 1 aromatic rings. The molecule has 1 fully saturated rings. The second kappa shape index (κ2) is 6.29. The Hall–Kier alpha value is -2.16. The highest BCUT2D eigenvalue weighted by molar-refractivity contribution is 5.93. The lowest BCUT2D eigenvalue weighted by atomic mass is 9.80. The number of ether oxygens (including phenoxy) is 1. The van der Waals surface area contributed by atoms with Crippen LogP contribution in [0.5, 0.6) is 5.75 Å². The van der Waals surface area contributed by atoms with Gasteiger partial charge in [0.1, 0.15) is 11.6 Å². The van der Waals surface area contributed by atoms with Crippen LogP contribution in [0, 0.1) is 11.7 Å². The summed E-state index contributed by atoms with van der Waals surface area (Å²) in [5.41, 5.74) is -3.17. The second-order valence-electron chi connectivity index (χ2n) is 6.06. The standard InChI is InChI=1S/C16H16F4N2O3/c17-10-5-7-11(8-6-10)25-9-14(23)22-15(24,16(18,19)20)12-3-1-2-4-13(12)21-22/h5-8,12,24H,1-4,9H2/t12-,15-/m1/s1. The summed E-state index contributed by atoms with van der Waals surface area (Å²) in [5.74, 6) is -2.77. The van der Waals surface area contributed by atoms with Crippen molar-refractivity contribution in [2.75, 3.05) is 6.61 Å². The summed E-state index contributed by atoms with van der Waals surface area (Å²) in [6, 6.07) is 4.68. The van der Waals surface area contributed by atoms with Crippen molar-refractivity contribution in [3.63, 3.8) is 0 Å². The minimum atomic E-state index is -5.05. The number of carbonyl (C=O) groups is 1. The topological polar surface area (TPSA) is 62.1 Å². The number of hydrazone groups is 1. The van der Waals surface area contributed by atoms with Gasteiger partial charge in [-0.3, -0.25) is 4.79 Å². The minimum absolute atomic E-state index is 0.0991. The molecule has 1 N–H and O–H groups in total. The van der Waals surface area contributed by atoms with Gasteiger partial charge in [-0.2, -0.15) is 23.3 Å². The highest BCUT2D eigenvalue weighted by Gasteiger charge is 2.68. The Balaban J connectivity index is 1.79. The van der Waals surface area contributed by atoms with Gasteiger partial charge in [-0.05, 0) is 43.5 Å². The van der Waals surface area contributed by atoms with Crippen LogP contribution in [0.25, 0.3) is 0 Å². The van der Waals surface area contributed by atoms with Crippen molar-refractivity contribution < 1.29 is 32.2 Å². The normalized spacial score (nSPS) is 26.2. The molecule has 1 saturated carbocycles. The van der Waals surface area contributed by atoms with E-state index >= 15 is 0 Å². The van der Waals surface area contributed by atoms with Crippen LogP contribution in [-0.4, -0.2) is 40.2 Å². The molecule has 1 aliphatic heterocycles. The number of hydrogen-bond acceptors (Lipinski definition) is 4. The van der Waals surface area contributed by atoms with Crippen LogP contribution in [-0.2, 0) is 4.79 Å². The number of halogens is 4. The summed E-state index contributed by atoms with van der Waals surface area (Å²) in [4.78, 5) is 12.3. The average molecular weight is 360 g/mol. The molecule has 0 aromatic heterocycles. The quantitative estimate of drug-likeness (QED) is 0.844. The highest BCUT2D eigenvalue weighted by atomic mass is 19.4. The van der Waals surface area contributed by atoms with Gasteiger partial charge in [-0.15, -0.1) is 0 Å². The predicted molar refractivity (Wildman–Crippen MR) is 79.1 cm³/mol. The Labute approximate surface area is 140 Å². The van der Waals surface area contributed by atoms with Gasteiger partial charge < -0.3 is 9.84 Å². The fourth-order valence-corrected chi connectivity index (χ4v) is 3.20. The molecule has 2 aliphatic rings. The summed E-state index contributed by atoms with van der Waals surface area (Å²) in [5, 5.41) is 14.2. The molecule has 0 bridgehead atoms. The van der Waals surface area contributed by atoms with Crippen molar-refractivity contribution in [3.05, 3.63) is 30.1 Å². The third kappa shape index (κ3) is 3.08. The van der Waals surface area contributed by atoms with Gasteiger partial charge in [0.15, 0.2) is 6.61 Å². The molecular weight excluding hydrogens is 344 g/mol. The van der Waals surface area contributed by atoms with Gasteiger partial charge in [-0.25, -0.2) is 4.39 Å². The molecule has 5 nitrogen and oxygen atoms in total. The maximum absolute atomic E-state index is 13.5. The molecule has 3 rings (SSSR count). The molecule has 2 atom stereocenters. The largest absolute Gasteiger partial charge is 0.484 e. The number of fused-ring (bicyclic) bond motifs is 1. The lowest BCUT2D eigenvalue weighted by Crippen LogP contribution is -2.62. The smallest absolute Gasteiger partial charge is 0.439 e. The molecule has 136 valence electrons. The van der Waals surface area contributed by atoms with Crippen LogP contribution in [0.2, 0.25) is 0 Å². The molecule has 1 aromatic carbocycles. The predicted octanol–water partition coefficient (Wildman–Crippen LogP) is 2.84. The monoisotopic (exact) mass is 360 g/mol. The molecule has 0 radical (unpaired) electrons. The summed E-state index contributed by atoms with van der Waals surface area (Å²) >= 11 is 0. The zero-order valence-electron chi connectivity index (χ0n) is 13.1. The third-order valence-corrected chi connectivity index (χ3v) is 4.44. The van der Waals surface area contributed by atoms with Gasteiger partial charge in [0.05, 0.1) is 5.92 Å². The fourth-order valence-electron chi connectivity index (χ4n) is 3.20.